The summed E-state index contributed by atoms with van der Waals surface area (Å²) in [7, 11) is 1.62. The van der Waals surface area contributed by atoms with E-state index in [1.54, 1.807) is 24.2 Å². The van der Waals surface area contributed by atoms with Crippen molar-refractivity contribution in [2.75, 3.05) is 7.11 Å². The zero-order valence-corrected chi connectivity index (χ0v) is 15.8. The summed E-state index contributed by atoms with van der Waals surface area (Å²) in [4.78, 5) is 21.1. The number of carbonyl (C=O) groups excluding carboxylic acids is 1. The van der Waals surface area contributed by atoms with E-state index >= 15 is 0 Å². The van der Waals surface area contributed by atoms with Crippen LogP contribution in [0, 0.1) is 0 Å². The first-order valence-electron chi connectivity index (χ1n) is 9.08. The summed E-state index contributed by atoms with van der Waals surface area (Å²) in [6.45, 7) is 0.374. The SMILES string of the molecule is COc1ccc(-n2nc(C(=O)NCc3ccncc3)nc2-c2ccccc2)cc1. The molecule has 4 rings (SSSR count). The number of methoxy groups -OCH3 is 1. The summed E-state index contributed by atoms with van der Waals surface area (Å²) in [5.74, 6) is 1.09. The number of pyridine rings is 1. The van der Waals surface area contributed by atoms with Crippen molar-refractivity contribution in [3.8, 4) is 22.8 Å². The summed E-state index contributed by atoms with van der Waals surface area (Å²) in [6, 6.07) is 20.8. The number of benzene rings is 2. The predicted molar refractivity (Wildman–Crippen MR) is 109 cm³/mol. The number of rotatable bonds is 6. The zero-order valence-electron chi connectivity index (χ0n) is 15.8. The van der Waals surface area contributed by atoms with Gasteiger partial charge in [0.2, 0.25) is 5.82 Å². The van der Waals surface area contributed by atoms with Crippen molar-refractivity contribution >= 4 is 5.91 Å². The molecule has 29 heavy (non-hydrogen) atoms. The fourth-order valence-corrected chi connectivity index (χ4v) is 2.85. The van der Waals surface area contributed by atoms with Gasteiger partial charge in [-0.25, -0.2) is 9.67 Å². The largest absolute Gasteiger partial charge is 0.497 e. The molecule has 2 heterocycles. The van der Waals surface area contributed by atoms with E-state index in [-0.39, 0.29) is 11.7 Å². The van der Waals surface area contributed by atoms with Crippen molar-refractivity contribution in [3.05, 3.63) is 90.5 Å². The van der Waals surface area contributed by atoms with Crippen LogP contribution in [0.3, 0.4) is 0 Å². The minimum absolute atomic E-state index is 0.105. The number of aromatic nitrogens is 4. The zero-order chi connectivity index (χ0) is 20.1. The predicted octanol–water partition coefficient (Wildman–Crippen LogP) is 3.27. The van der Waals surface area contributed by atoms with Crippen molar-refractivity contribution < 1.29 is 9.53 Å². The van der Waals surface area contributed by atoms with E-state index in [9.17, 15) is 4.79 Å². The molecule has 0 saturated heterocycles. The van der Waals surface area contributed by atoms with E-state index in [1.807, 2.05) is 66.7 Å². The standard InChI is InChI=1S/C22H19N5O2/c1-29-19-9-7-18(8-10-19)27-21(17-5-3-2-4-6-17)25-20(26-27)22(28)24-15-16-11-13-23-14-12-16/h2-14H,15H2,1H3,(H,24,28). The molecule has 4 aromatic rings. The average molecular weight is 385 g/mol. The molecule has 0 aliphatic carbocycles. The fourth-order valence-electron chi connectivity index (χ4n) is 2.85. The first kappa shape index (κ1) is 18.4. The van der Waals surface area contributed by atoms with Crippen LogP contribution in [0.4, 0.5) is 0 Å². The lowest BCUT2D eigenvalue weighted by Gasteiger charge is -2.07. The van der Waals surface area contributed by atoms with Gasteiger partial charge >= 0.3 is 0 Å². The maximum atomic E-state index is 12.7. The number of carbonyl (C=O) groups is 1. The third-order valence-corrected chi connectivity index (χ3v) is 4.36. The molecule has 144 valence electrons. The van der Waals surface area contributed by atoms with Gasteiger partial charge in [0.25, 0.3) is 5.91 Å². The van der Waals surface area contributed by atoms with Crippen LogP contribution in [0.2, 0.25) is 0 Å². The van der Waals surface area contributed by atoms with Gasteiger partial charge in [-0.05, 0) is 42.0 Å². The number of amides is 1. The van der Waals surface area contributed by atoms with Crippen LogP contribution in [0.15, 0.2) is 79.1 Å². The highest BCUT2D eigenvalue weighted by atomic mass is 16.5. The lowest BCUT2D eigenvalue weighted by molar-refractivity contribution is 0.0940. The molecule has 0 spiro atoms. The summed E-state index contributed by atoms with van der Waals surface area (Å²) in [5.41, 5.74) is 2.60. The lowest BCUT2D eigenvalue weighted by Crippen LogP contribution is -2.24. The molecular weight excluding hydrogens is 366 g/mol. The molecule has 0 aliphatic heterocycles. The molecule has 1 N–H and O–H groups in total. The van der Waals surface area contributed by atoms with Crippen LogP contribution in [-0.4, -0.2) is 32.8 Å². The van der Waals surface area contributed by atoms with Crippen LogP contribution in [0.1, 0.15) is 16.2 Å². The second kappa shape index (κ2) is 8.35. The van der Waals surface area contributed by atoms with E-state index in [0.717, 1.165) is 22.6 Å². The maximum absolute atomic E-state index is 12.7. The number of hydrogen-bond donors (Lipinski definition) is 1. The first-order valence-corrected chi connectivity index (χ1v) is 9.08. The Morgan fingerprint density at radius 3 is 2.41 bits per heavy atom. The van der Waals surface area contributed by atoms with Gasteiger partial charge in [-0.3, -0.25) is 9.78 Å². The van der Waals surface area contributed by atoms with E-state index < -0.39 is 0 Å². The Kier molecular flexibility index (Phi) is 5.29. The fraction of sp³-hybridized carbons (Fsp3) is 0.0909. The molecule has 7 nitrogen and oxygen atoms in total. The number of ether oxygens (including phenoxy) is 1. The monoisotopic (exact) mass is 385 g/mol. The highest BCUT2D eigenvalue weighted by Gasteiger charge is 2.18. The van der Waals surface area contributed by atoms with Crippen LogP contribution < -0.4 is 10.1 Å². The second-order valence-corrected chi connectivity index (χ2v) is 6.27. The lowest BCUT2D eigenvalue weighted by atomic mass is 10.2. The van der Waals surface area contributed by atoms with E-state index in [4.69, 9.17) is 4.74 Å². The Labute approximate surface area is 168 Å². The topological polar surface area (TPSA) is 81.9 Å². The molecule has 0 saturated carbocycles. The van der Waals surface area contributed by atoms with Gasteiger partial charge in [-0.2, -0.15) is 0 Å². The van der Waals surface area contributed by atoms with Crippen LogP contribution in [0.5, 0.6) is 5.75 Å². The third-order valence-electron chi connectivity index (χ3n) is 4.36. The Hall–Kier alpha value is -4.00. The third kappa shape index (κ3) is 4.14. The highest BCUT2D eigenvalue weighted by molar-refractivity contribution is 5.91. The van der Waals surface area contributed by atoms with Gasteiger partial charge in [-0.15, -0.1) is 5.10 Å². The van der Waals surface area contributed by atoms with Crippen LogP contribution in [-0.2, 0) is 6.54 Å². The maximum Gasteiger partial charge on any atom is 0.291 e. The molecule has 0 unspecified atom stereocenters. The number of nitrogens with one attached hydrogen (secondary N) is 1. The van der Waals surface area contributed by atoms with Gasteiger partial charge in [0.05, 0.1) is 12.8 Å². The van der Waals surface area contributed by atoms with E-state index in [2.05, 4.69) is 20.4 Å². The van der Waals surface area contributed by atoms with Gasteiger partial charge in [-0.1, -0.05) is 30.3 Å². The van der Waals surface area contributed by atoms with Gasteiger partial charge in [0, 0.05) is 24.5 Å². The summed E-state index contributed by atoms with van der Waals surface area (Å²) >= 11 is 0. The molecule has 0 aliphatic rings. The molecule has 0 atom stereocenters. The molecule has 0 radical (unpaired) electrons. The van der Waals surface area contributed by atoms with Crippen molar-refractivity contribution in [2.24, 2.45) is 0 Å². The van der Waals surface area contributed by atoms with Crippen molar-refractivity contribution in [1.82, 2.24) is 25.1 Å². The van der Waals surface area contributed by atoms with Crippen molar-refractivity contribution in [2.45, 2.75) is 6.54 Å². The first-order chi connectivity index (χ1) is 14.2. The Bertz CT molecular complexity index is 1090. The molecule has 2 aromatic heterocycles. The van der Waals surface area contributed by atoms with Gasteiger partial charge in [0.15, 0.2) is 5.82 Å². The van der Waals surface area contributed by atoms with Gasteiger partial charge in [0.1, 0.15) is 5.75 Å². The Balaban J connectivity index is 1.66. The molecular formula is C22H19N5O2. The Morgan fingerprint density at radius 2 is 1.72 bits per heavy atom. The normalized spacial score (nSPS) is 10.5. The minimum Gasteiger partial charge on any atom is -0.497 e. The second-order valence-electron chi connectivity index (χ2n) is 6.27. The summed E-state index contributed by atoms with van der Waals surface area (Å²) < 4.78 is 6.89. The molecule has 2 aromatic carbocycles. The summed E-state index contributed by atoms with van der Waals surface area (Å²) in [5, 5.41) is 7.32. The van der Waals surface area contributed by atoms with Crippen molar-refractivity contribution in [1.29, 1.82) is 0 Å². The Morgan fingerprint density at radius 1 is 1.00 bits per heavy atom. The van der Waals surface area contributed by atoms with Gasteiger partial charge < -0.3 is 10.1 Å². The average Bonchev–Trinajstić information content (AvgIpc) is 3.24. The number of hydrogen-bond acceptors (Lipinski definition) is 5. The van der Waals surface area contributed by atoms with Crippen LogP contribution >= 0.6 is 0 Å². The van der Waals surface area contributed by atoms with E-state index in [0.29, 0.717) is 12.4 Å². The quantitative estimate of drug-likeness (QED) is 0.551. The van der Waals surface area contributed by atoms with E-state index in [1.165, 1.54) is 0 Å². The van der Waals surface area contributed by atoms with Crippen LogP contribution in [0.25, 0.3) is 17.1 Å². The smallest absolute Gasteiger partial charge is 0.291 e. The number of nitrogens with zero attached hydrogens (tertiary/aromatic N) is 4. The van der Waals surface area contributed by atoms with Crippen molar-refractivity contribution in [3.63, 3.8) is 0 Å². The molecule has 0 fully saturated rings. The highest BCUT2D eigenvalue weighted by Crippen LogP contribution is 2.22. The molecule has 7 heteroatoms. The molecule has 0 bridgehead atoms. The minimum atomic E-state index is -0.341. The summed E-state index contributed by atoms with van der Waals surface area (Å²) in [6.07, 6.45) is 3.37. The molecule has 1 amide bonds.